The van der Waals surface area contributed by atoms with Crippen molar-refractivity contribution in [1.82, 2.24) is 5.32 Å². The van der Waals surface area contributed by atoms with Crippen LogP contribution in [0.3, 0.4) is 0 Å². The highest BCUT2D eigenvalue weighted by Gasteiger charge is 2.27. The Bertz CT molecular complexity index is 571. The number of benzene rings is 1. The van der Waals surface area contributed by atoms with Crippen LogP contribution in [-0.4, -0.2) is 23.6 Å². The molecule has 0 fully saturated rings. The number of nitrogens with zero attached hydrogens (tertiary/aromatic N) is 1. The van der Waals surface area contributed by atoms with Crippen LogP contribution in [0.4, 0.5) is 23.2 Å². The Labute approximate surface area is 124 Å². The molecular formula is C11H9BrF4N2O3. The number of amides is 1. The zero-order valence-corrected chi connectivity index (χ0v) is 12.0. The van der Waals surface area contributed by atoms with E-state index >= 15 is 0 Å². The van der Waals surface area contributed by atoms with Gasteiger partial charge in [-0.3, -0.25) is 14.9 Å². The van der Waals surface area contributed by atoms with E-state index in [4.69, 9.17) is 0 Å². The third-order valence-corrected chi connectivity index (χ3v) is 3.31. The van der Waals surface area contributed by atoms with Gasteiger partial charge in [0.1, 0.15) is 0 Å². The molecule has 0 heterocycles. The van der Waals surface area contributed by atoms with E-state index in [9.17, 15) is 32.5 Å². The highest BCUT2D eigenvalue weighted by atomic mass is 79.9. The molecule has 1 amide bonds. The van der Waals surface area contributed by atoms with Crippen molar-refractivity contribution in [3.8, 4) is 0 Å². The summed E-state index contributed by atoms with van der Waals surface area (Å²) >= 11 is 2.92. The van der Waals surface area contributed by atoms with Crippen molar-refractivity contribution in [3.05, 3.63) is 38.1 Å². The summed E-state index contributed by atoms with van der Waals surface area (Å²) in [5.41, 5.74) is -0.841. The first-order valence-corrected chi connectivity index (χ1v) is 6.30. The maximum Gasteiger partial charge on any atom is 0.305 e. The zero-order chi connectivity index (χ0) is 16.3. The summed E-state index contributed by atoms with van der Waals surface area (Å²) in [5.74, 6) is -3.48. The molecule has 2 atom stereocenters. The van der Waals surface area contributed by atoms with E-state index < -0.39 is 41.0 Å². The second-order valence-electron chi connectivity index (χ2n) is 4.05. The van der Waals surface area contributed by atoms with Gasteiger partial charge in [0.2, 0.25) is 18.0 Å². The van der Waals surface area contributed by atoms with Gasteiger partial charge in [0.05, 0.1) is 10.8 Å². The molecule has 0 radical (unpaired) electrons. The highest BCUT2D eigenvalue weighted by Crippen LogP contribution is 2.31. The Hall–Kier alpha value is -1.71. The van der Waals surface area contributed by atoms with Gasteiger partial charge in [-0.15, -0.1) is 0 Å². The second kappa shape index (κ2) is 6.83. The van der Waals surface area contributed by atoms with Gasteiger partial charge in [-0.2, -0.15) is 4.39 Å². The fourth-order valence-electron chi connectivity index (χ4n) is 1.49. The van der Waals surface area contributed by atoms with Crippen LogP contribution < -0.4 is 5.32 Å². The molecule has 1 rings (SSSR count). The third kappa shape index (κ3) is 4.13. The van der Waals surface area contributed by atoms with Crippen molar-refractivity contribution >= 4 is 27.5 Å². The molecule has 0 aliphatic heterocycles. The Morgan fingerprint density at radius 2 is 1.95 bits per heavy atom. The molecule has 2 unspecified atom stereocenters. The molecule has 0 bridgehead atoms. The quantitative estimate of drug-likeness (QED) is 0.373. The van der Waals surface area contributed by atoms with Gasteiger partial charge >= 0.3 is 5.69 Å². The van der Waals surface area contributed by atoms with Crippen LogP contribution in [0.5, 0.6) is 0 Å². The molecule has 21 heavy (non-hydrogen) atoms. The lowest BCUT2D eigenvalue weighted by Crippen LogP contribution is -2.38. The van der Waals surface area contributed by atoms with Gasteiger partial charge in [-0.1, -0.05) is 15.9 Å². The second-order valence-corrected chi connectivity index (χ2v) is 4.90. The number of nitro groups is 1. The Balaban J connectivity index is 3.02. The Kier molecular flexibility index (Phi) is 5.64. The lowest BCUT2D eigenvalue weighted by molar-refractivity contribution is -0.387. The summed E-state index contributed by atoms with van der Waals surface area (Å²) in [6, 6.07) is 1.57. The van der Waals surface area contributed by atoms with E-state index in [1.165, 1.54) is 12.2 Å². The van der Waals surface area contributed by atoms with E-state index in [-0.39, 0.29) is 10.0 Å². The first-order valence-electron chi connectivity index (χ1n) is 5.51. The van der Waals surface area contributed by atoms with Crippen molar-refractivity contribution in [2.45, 2.75) is 25.6 Å². The highest BCUT2D eigenvalue weighted by molar-refractivity contribution is 9.10. The first-order chi connectivity index (χ1) is 9.65. The van der Waals surface area contributed by atoms with E-state index in [0.29, 0.717) is 0 Å². The molecule has 1 aromatic carbocycles. The van der Waals surface area contributed by atoms with Crippen molar-refractivity contribution in [2.24, 2.45) is 0 Å². The maximum atomic E-state index is 13.5. The summed E-state index contributed by atoms with van der Waals surface area (Å²) in [6.07, 6.45) is -6.24. The van der Waals surface area contributed by atoms with Crippen LogP contribution in [0.15, 0.2) is 16.6 Å². The Morgan fingerprint density at radius 1 is 1.38 bits per heavy atom. The van der Waals surface area contributed by atoms with Crippen LogP contribution in [0.25, 0.3) is 0 Å². The van der Waals surface area contributed by atoms with Crippen LogP contribution >= 0.6 is 15.9 Å². The molecule has 10 heteroatoms. The van der Waals surface area contributed by atoms with E-state index in [1.807, 2.05) is 0 Å². The maximum absolute atomic E-state index is 13.5. The first kappa shape index (κ1) is 17.3. The van der Waals surface area contributed by atoms with Crippen molar-refractivity contribution in [2.75, 3.05) is 0 Å². The lowest BCUT2D eigenvalue weighted by Gasteiger charge is -2.16. The van der Waals surface area contributed by atoms with Gasteiger partial charge < -0.3 is 5.32 Å². The molecule has 1 aromatic rings. The minimum absolute atomic E-state index is 0.0305. The van der Waals surface area contributed by atoms with Gasteiger partial charge in [0, 0.05) is 10.5 Å². The number of rotatable bonds is 5. The minimum atomic E-state index is -3.39. The molecule has 0 aromatic heterocycles. The monoisotopic (exact) mass is 372 g/mol. The Morgan fingerprint density at radius 3 is 2.43 bits per heavy atom. The van der Waals surface area contributed by atoms with Crippen molar-refractivity contribution in [1.29, 1.82) is 0 Å². The van der Waals surface area contributed by atoms with E-state index in [1.54, 1.807) is 0 Å². The summed E-state index contributed by atoms with van der Waals surface area (Å²) in [7, 11) is 0. The number of alkyl halides is 3. The fourth-order valence-corrected chi connectivity index (χ4v) is 2.16. The number of halogens is 5. The topological polar surface area (TPSA) is 72.2 Å². The summed E-state index contributed by atoms with van der Waals surface area (Å²) in [6.45, 7) is 1.22. The molecular weight excluding hydrogens is 364 g/mol. The van der Waals surface area contributed by atoms with Crippen LogP contribution in [-0.2, 0) is 4.79 Å². The van der Waals surface area contributed by atoms with E-state index in [0.717, 1.165) is 12.1 Å². The number of hydrogen-bond donors (Lipinski definition) is 1. The minimum Gasteiger partial charge on any atom is -0.321 e. The third-order valence-electron chi connectivity index (χ3n) is 2.62. The average Bonchev–Trinajstić information content (AvgIpc) is 2.39. The molecule has 0 aliphatic carbocycles. The predicted octanol–water partition coefficient (Wildman–Crippen LogP) is 3.28. The number of carbonyl (C=O) groups excluding carboxylic acids is 1. The van der Waals surface area contributed by atoms with Gasteiger partial charge in [0.15, 0.2) is 0 Å². The molecule has 0 saturated heterocycles. The molecule has 0 spiro atoms. The number of carbonyl (C=O) groups is 1. The molecule has 0 saturated carbocycles. The number of nitro benzene ring substituents is 1. The molecule has 116 valence electrons. The molecule has 0 aliphatic rings. The zero-order valence-electron chi connectivity index (χ0n) is 10.4. The average molecular weight is 373 g/mol. The normalized spacial score (nSPS) is 13.9. The predicted molar refractivity (Wildman–Crippen MR) is 68.2 cm³/mol. The van der Waals surface area contributed by atoms with Gasteiger partial charge in [-0.05, 0) is 18.6 Å². The summed E-state index contributed by atoms with van der Waals surface area (Å²) < 4.78 is 50.3. The largest absolute Gasteiger partial charge is 0.321 e. The van der Waals surface area contributed by atoms with E-state index in [2.05, 4.69) is 15.9 Å². The van der Waals surface area contributed by atoms with Gasteiger partial charge in [0.25, 0.3) is 6.43 Å². The van der Waals surface area contributed by atoms with Crippen LogP contribution in [0.1, 0.15) is 18.4 Å². The molecule has 5 nitrogen and oxygen atoms in total. The molecule has 1 N–H and O–H groups in total. The summed E-state index contributed by atoms with van der Waals surface area (Å²) in [5, 5.41) is 12.0. The standard InChI is InChI=1S/C11H9BrF4N2O3/c1-4(11(19)17-10(16)9(14)15)5-2-7(13)8(18(20)21)3-6(5)12/h2-4,9-10H,1H3,(H,17,19). The van der Waals surface area contributed by atoms with Crippen LogP contribution in [0, 0.1) is 15.9 Å². The van der Waals surface area contributed by atoms with Crippen LogP contribution in [0.2, 0.25) is 0 Å². The lowest BCUT2D eigenvalue weighted by atomic mass is 9.99. The number of nitrogens with one attached hydrogen (secondary N) is 1. The smallest absolute Gasteiger partial charge is 0.305 e. The summed E-state index contributed by atoms with van der Waals surface area (Å²) in [4.78, 5) is 21.2. The SMILES string of the molecule is CC(C(=O)NC(F)C(F)F)c1cc(F)c([N+](=O)[O-])cc1Br. The fraction of sp³-hybridized carbons (Fsp3) is 0.364. The van der Waals surface area contributed by atoms with Crippen molar-refractivity contribution in [3.63, 3.8) is 0 Å². The van der Waals surface area contributed by atoms with Gasteiger partial charge in [-0.25, -0.2) is 13.2 Å². The van der Waals surface area contributed by atoms with Crippen molar-refractivity contribution < 1.29 is 27.3 Å². The number of hydrogen-bond acceptors (Lipinski definition) is 3.